The number of phosphoric ester groups is 2. The summed E-state index contributed by atoms with van der Waals surface area (Å²) >= 11 is 0. The zero-order chi connectivity index (χ0) is 32.0. The third-order valence-electron chi connectivity index (χ3n) is 6.64. The van der Waals surface area contributed by atoms with E-state index in [-0.39, 0.29) is 24.4 Å². The number of unbranched alkanes of at least 4 members (excludes halogenated alkanes) is 9. The molecule has 16 nitrogen and oxygen atoms in total. The smallest absolute Gasteiger partial charge is 0.370 e. The zero-order valence-electron chi connectivity index (χ0n) is 24.3. The van der Waals surface area contributed by atoms with Crippen LogP contribution in [0.4, 0.5) is 0 Å². The zero-order valence-corrected chi connectivity index (χ0v) is 27.9. The van der Waals surface area contributed by atoms with Gasteiger partial charge in [-0.25, -0.2) is 18.3 Å². The SMILES string of the molecule is CC1(CCCCCCCCOP(=O)(O)OP(=O)(O)O)CO1.CCC1(CCCCCCCOP(=O)(O)OP(=O)(O)O)CO1. The van der Waals surface area contributed by atoms with Gasteiger partial charge in [-0.1, -0.05) is 64.7 Å². The summed E-state index contributed by atoms with van der Waals surface area (Å²) in [5.41, 5.74) is 0.251. The van der Waals surface area contributed by atoms with Crippen LogP contribution in [0, 0.1) is 0 Å². The van der Waals surface area contributed by atoms with Crippen molar-refractivity contribution in [3.63, 3.8) is 0 Å². The predicted molar refractivity (Wildman–Crippen MR) is 151 cm³/mol. The van der Waals surface area contributed by atoms with Crippen molar-refractivity contribution in [3.8, 4) is 0 Å². The summed E-state index contributed by atoms with van der Waals surface area (Å²) in [7, 11) is -19.4. The molecule has 0 saturated carbocycles. The van der Waals surface area contributed by atoms with E-state index in [1.165, 1.54) is 0 Å². The molecule has 6 N–H and O–H groups in total. The molecule has 0 bridgehead atoms. The minimum atomic E-state index is -5.02. The van der Waals surface area contributed by atoms with Crippen LogP contribution >= 0.6 is 31.3 Å². The van der Waals surface area contributed by atoms with Gasteiger partial charge in [0.05, 0.1) is 37.6 Å². The summed E-state index contributed by atoms with van der Waals surface area (Å²) in [6.07, 6.45) is 13.3. The summed E-state index contributed by atoms with van der Waals surface area (Å²) in [6.45, 7) is 5.81. The first-order chi connectivity index (χ1) is 19.3. The van der Waals surface area contributed by atoms with Gasteiger partial charge in [-0.15, -0.1) is 0 Å². The van der Waals surface area contributed by atoms with Crippen LogP contribution in [0.15, 0.2) is 0 Å². The topological polar surface area (TPSA) is 252 Å². The van der Waals surface area contributed by atoms with Crippen molar-refractivity contribution in [1.82, 2.24) is 0 Å². The lowest BCUT2D eigenvalue weighted by molar-refractivity contribution is 0.172. The number of hydrogen-bond acceptors (Lipinski definition) is 10. The van der Waals surface area contributed by atoms with Crippen LogP contribution in [0.1, 0.15) is 104 Å². The second-order valence-electron chi connectivity index (χ2n) is 10.7. The Kier molecular flexibility index (Phi) is 17.9. The van der Waals surface area contributed by atoms with E-state index >= 15 is 0 Å². The molecule has 2 fully saturated rings. The number of phosphoric acid groups is 4. The number of ether oxygens (including phenoxy) is 2. The third-order valence-corrected chi connectivity index (χ3v) is 11.0. The van der Waals surface area contributed by atoms with Gasteiger partial charge in [0, 0.05) is 0 Å². The lowest BCUT2D eigenvalue weighted by Crippen LogP contribution is -2.08. The fourth-order valence-electron chi connectivity index (χ4n) is 3.96. The molecule has 4 unspecified atom stereocenters. The lowest BCUT2D eigenvalue weighted by atomic mass is 9.99. The Balaban J connectivity index is 0.000000420. The molecule has 252 valence electrons. The van der Waals surface area contributed by atoms with Gasteiger partial charge in [0.2, 0.25) is 0 Å². The van der Waals surface area contributed by atoms with Crippen LogP contribution in [-0.2, 0) is 45.4 Å². The second kappa shape index (κ2) is 18.6. The molecule has 42 heavy (non-hydrogen) atoms. The van der Waals surface area contributed by atoms with Crippen molar-refractivity contribution in [2.45, 2.75) is 115 Å². The standard InChI is InChI=1S/2C11H24O8P2/c1-11(10-17-11)8-6-4-2-3-5-7-9-18-21(15,16)19-20(12,13)14;1-2-11(10-17-11)8-6-4-3-5-7-9-18-21(15,16)19-20(12,13)14/h2*2-10H2,1H3,(H,15,16)(H2,12,13,14). The first kappa shape index (κ1) is 40.5. The minimum Gasteiger partial charge on any atom is -0.370 e. The van der Waals surface area contributed by atoms with Gasteiger partial charge in [0.1, 0.15) is 0 Å². The largest absolute Gasteiger partial charge is 0.481 e. The molecule has 4 atom stereocenters. The Labute approximate surface area is 247 Å². The molecule has 2 aliphatic rings. The molecule has 0 aromatic rings. The van der Waals surface area contributed by atoms with Crippen molar-refractivity contribution in [2.24, 2.45) is 0 Å². The van der Waals surface area contributed by atoms with Crippen LogP contribution in [0.2, 0.25) is 0 Å². The summed E-state index contributed by atoms with van der Waals surface area (Å²) in [4.78, 5) is 51.7. The number of rotatable bonds is 24. The molecule has 0 radical (unpaired) electrons. The van der Waals surface area contributed by atoms with Gasteiger partial charge >= 0.3 is 31.3 Å². The number of hydrogen-bond donors (Lipinski definition) is 6. The first-order valence-electron chi connectivity index (χ1n) is 14.1. The first-order valence-corrected chi connectivity index (χ1v) is 20.1. The highest BCUT2D eigenvalue weighted by Crippen LogP contribution is 2.58. The molecule has 2 heterocycles. The van der Waals surface area contributed by atoms with E-state index in [1.807, 2.05) is 0 Å². The molecule has 0 aliphatic carbocycles. The fraction of sp³-hybridized carbons (Fsp3) is 1.00. The van der Waals surface area contributed by atoms with Crippen molar-refractivity contribution in [2.75, 3.05) is 26.4 Å². The molecule has 0 amide bonds. The molecule has 2 rings (SSSR count). The molecule has 20 heteroatoms. The van der Waals surface area contributed by atoms with Crippen molar-refractivity contribution < 1.29 is 74.8 Å². The predicted octanol–water partition coefficient (Wildman–Crippen LogP) is 5.46. The molecule has 0 spiro atoms. The molecule has 2 saturated heterocycles. The van der Waals surface area contributed by atoms with E-state index in [0.717, 1.165) is 90.3 Å². The maximum absolute atomic E-state index is 11.1. The van der Waals surface area contributed by atoms with E-state index in [4.69, 9.17) is 38.8 Å². The molecule has 0 aromatic carbocycles. The highest BCUT2D eigenvalue weighted by molar-refractivity contribution is 7.61. The maximum Gasteiger partial charge on any atom is 0.481 e. The Morgan fingerprint density at radius 3 is 1.29 bits per heavy atom. The van der Waals surface area contributed by atoms with E-state index in [9.17, 15) is 18.3 Å². The third kappa shape index (κ3) is 22.9. The Hall–Kier alpha value is 0.440. The Bertz CT molecular complexity index is 958. The fourth-order valence-corrected chi connectivity index (χ4v) is 7.21. The van der Waals surface area contributed by atoms with Gasteiger partial charge < -0.3 is 38.8 Å². The van der Waals surface area contributed by atoms with Gasteiger partial charge in [-0.05, 0) is 39.0 Å². The second-order valence-corrected chi connectivity index (χ2v) is 16.4. The molecular formula is C22H48O16P4. The summed E-state index contributed by atoms with van der Waals surface area (Å²) < 4.78 is 70.0. The molecule has 2 aliphatic heterocycles. The van der Waals surface area contributed by atoms with E-state index in [2.05, 4.69) is 31.5 Å². The molecular weight excluding hydrogens is 644 g/mol. The van der Waals surface area contributed by atoms with Crippen LogP contribution < -0.4 is 0 Å². The average Bonchev–Trinajstić information content (AvgIpc) is 3.75. The van der Waals surface area contributed by atoms with E-state index < -0.39 is 31.3 Å². The molecule has 0 aromatic heterocycles. The van der Waals surface area contributed by atoms with Crippen LogP contribution in [0.25, 0.3) is 0 Å². The quantitative estimate of drug-likeness (QED) is 0.0417. The highest BCUT2D eigenvalue weighted by Gasteiger charge is 2.41. The monoisotopic (exact) mass is 692 g/mol. The van der Waals surface area contributed by atoms with Gasteiger partial charge in [-0.2, -0.15) is 8.62 Å². The van der Waals surface area contributed by atoms with E-state index in [1.54, 1.807) is 0 Å². The van der Waals surface area contributed by atoms with Crippen molar-refractivity contribution >= 4 is 31.3 Å². The Morgan fingerprint density at radius 2 is 0.952 bits per heavy atom. The Morgan fingerprint density at radius 1 is 0.595 bits per heavy atom. The summed E-state index contributed by atoms with van der Waals surface area (Å²) in [6, 6.07) is 0. The maximum atomic E-state index is 11.1. The van der Waals surface area contributed by atoms with Crippen LogP contribution in [-0.4, -0.2) is 67.0 Å². The van der Waals surface area contributed by atoms with Crippen LogP contribution in [0.5, 0.6) is 0 Å². The summed E-state index contributed by atoms with van der Waals surface area (Å²) in [5, 5.41) is 0. The average molecular weight is 693 g/mol. The minimum absolute atomic E-state index is 0.0698. The van der Waals surface area contributed by atoms with Crippen LogP contribution in [0.3, 0.4) is 0 Å². The normalized spacial score (nSPS) is 24.8. The lowest BCUT2D eigenvalue weighted by Gasteiger charge is -2.12. The van der Waals surface area contributed by atoms with Gasteiger partial charge in [-0.3, -0.25) is 9.05 Å². The number of epoxide rings is 2. The van der Waals surface area contributed by atoms with E-state index in [0.29, 0.717) is 12.8 Å². The highest BCUT2D eigenvalue weighted by atomic mass is 31.3. The van der Waals surface area contributed by atoms with Gasteiger partial charge in [0.25, 0.3) is 0 Å². The van der Waals surface area contributed by atoms with Crippen molar-refractivity contribution in [3.05, 3.63) is 0 Å². The summed E-state index contributed by atoms with van der Waals surface area (Å²) in [5.74, 6) is 0. The van der Waals surface area contributed by atoms with Gasteiger partial charge in [0.15, 0.2) is 0 Å². The van der Waals surface area contributed by atoms with Crippen molar-refractivity contribution in [1.29, 1.82) is 0 Å².